The highest BCUT2D eigenvalue weighted by atomic mass is 16.5. The van der Waals surface area contributed by atoms with Crippen molar-refractivity contribution in [1.29, 1.82) is 5.26 Å². The molecule has 29 heavy (non-hydrogen) atoms. The minimum Gasteiger partial charge on any atom is -0.479 e. The number of ether oxygens (including phenoxy) is 2. The van der Waals surface area contributed by atoms with Crippen molar-refractivity contribution in [1.82, 2.24) is 10.3 Å². The van der Waals surface area contributed by atoms with Crippen molar-refractivity contribution in [2.45, 2.75) is 58.3 Å². The number of carbonyl (C=O) groups is 1. The van der Waals surface area contributed by atoms with Crippen molar-refractivity contribution in [3.8, 4) is 17.7 Å². The standard InChI is InChI=1S/C23H27N3O3/c1-16(2)22(29-20-10-6-3-7-18(20)14-24)23(27)26-15-17-11-12-25-21(13-17)28-19-8-4-5-9-19/h3,6-7,10-13,16,19,22H,4-5,8-9,15H2,1-2H3,(H,26,27). The van der Waals surface area contributed by atoms with Crippen molar-refractivity contribution < 1.29 is 14.3 Å². The van der Waals surface area contributed by atoms with E-state index in [2.05, 4.69) is 16.4 Å². The van der Waals surface area contributed by atoms with Crippen LogP contribution in [0.25, 0.3) is 0 Å². The topological polar surface area (TPSA) is 84.2 Å². The second-order valence-electron chi connectivity index (χ2n) is 7.63. The number of hydrogen-bond donors (Lipinski definition) is 1. The zero-order chi connectivity index (χ0) is 20.6. The monoisotopic (exact) mass is 393 g/mol. The number of aromatic nitrogens is 1. The van der Waals surface area contributed by atoms with Crippen LogP contribution in [0.2, 0.25) is 0 Å². The van der Waals surface area contributed by atoms with Crippen LogP contribution in [-0.4, -0.2) is 23.1 Å². The summed E-state index contributed by atoms with van der Waals surface area (Å²) in [5.74, 6) is 0.742. The van der Waals surface area contributed by atoms with Gasteiger partial charge in [0.2, 0.25) is 5.88 Å². The molecule has 0 aliphatic heterocycles. The fraction of sp³-hybridized carbons (Fsp3) is 0.435. The van der Waals surface area contributed by atoms with Gasteiger partial charge >= 0.3 is 0 Å². The van der Waals surface area contributed by atoms with Crippen LogP contribution in [0.15, 0.2) is 42.6 Å². The molecule has 3 rings (SSSR count). The molecule has 1 heterocycles. The summed E-state index contributed by atoms with van der Waals surface area (Å²) in [6.45, 7) is 4.19. The van der Waals surface area contributed by atoms with Gasteiger partial charge in [-0.15, -0.1) is 0 Å². The zero-order valence-electron chi connectivity index (χ0n) is 16.9. The van der Waals surface area contributed by atoms with Crippen LogP contribution in [0.5, 0.6) is 11.6 Å². The summed E-state index contributed by atoms with van der Waals surface area (Å²) < 4.78 is 11.8. The predicted octanol–water partition coefficient (Wildman–Crippen LogP) is 3.99. The Bertz CT molecular complexity index is 870. The average molecular weight is 393 g/mol. The number of carbonyl (C=O) groups excluding carboxylic acids is 1. The SMILES string of the molecule is CC(C)C(Oc1ccccc1C#N)C(=O)NCc1ccnc(OC2CCCC2)c1. The maximum atomic E-state index is 12.8. The Balaban J connectivity index is 1.61. The van der Waals surface area contributed by atoms with E-state index < -0.39 is 6.10 Å². The summed E-state index contributed by atoms with van der Waals surface area (Å²) in [7, 11) is 0. The average Bonchev–Trinajstić information content (AvgIpc) is 3.23. The first-order valence-corrected chi connectivity index (χ1v) is 10.1. The van der Waals surface area contributed by atoms with E-state index in [1.807, 2.05) is 26.0 Å². The van der Waals surface area contributed by atoms with Crippen LogP contribution in [0.4, 0.5) is 0 Å². The fourth-order valence-corrected chi connectivity index (χ4v) is 3.38. The Morgan fingerprint density at radius 3 is 2.76 bits per heavy atom. The minimum atomic E-state index is -0.694. The molecule has 0 bridgehead atoms. The highest BCUT2D eigenvalue weighted by Gasteiger charge is 2.25. The molecule has 0 saturated heterocycles. The number of hydrogen-bond acceptors (Lipinski definition) is 5. The lowest BCUT2D eigenvalue weighted by atomic mass is 10.1. The van der Waals surface area contributed by atoms with E-state index in [9.17, 15) is 10.1 Å². The molecule has 6 nitrogen and oxygen atoms in total. The van der Waals surface area contributed by atoms with Gasteiger partial charge in [-0.1, -0.05) is 26.0 Å². The number of rotatable bonds is 8. The molecule has 2 aromatic rings. The summed E-state index contributed by atoms with van der Waals surface area (Å²) in [5, 5.41) is 12.2. The highest BCUT2D eigenvalue weighted by Crippen LogP contribution is 2.23. The Morgan fingerprint density at radius 1 is 1.28 bits per heavy atom. The van der Waals surface area contributed by atoms with Gasteiger partial charge in [-0.3, -0.25) is 4.79 Å². The van der Waals surface area contributed by atoms with Crippen LogP contribution < -0.4 is 14.8 Å². The summed E-state index contributed by atoms with van der Waals surface area (Å²) in [6, 6.07) is 12.8. The lowest BCUT2D eigenvalue weighted by Crippen LogP contribution is -2.41. The van der Waals surface area contributed by atoms with Crippen molar-refractivity contribution in [2.24, 2.45) is 5.92 Å². The first-order chi connectivity index (χ1) is 14.1. The molecule has 1 aliphatic rings. The van der Waals surface area contributed by atoms with Gasteiger partial charge in [0, 0.05) is 18.8 Å². The van der Waals surface area contributed by atoms with Gasteiger partial charge in [0.15, 0.2) is 6.10 Å². The lowest BCUT2D eigenvalue weighted by Gasteiger charge is -2.22. The van der Waals surface area contributed by atoms with Gasteiger partial charge in [0.25, 0.3) is 5.91 Å². The third-order valence-corrected chi connectivity index (χ3v) is 4.98. The summed E-state index contributed by atoms with van der Waals surface area (Å²) >= 11 is 0. The number of amides is 1. The summed E-state index contributed by atoms with van der Waals surface area (Å²) in [5.41, 5.74) is 1.33. The molecule has 0 spiro atoms. The fourth-order valence-electron chi connectivity index (χ4n) is 3.38. The first-order valence-electron chi connectivity index (χ1n) is 10.1. The Hall–Kier alpha value is -3.07. The highest BCUT2D eigenvalue weighted by molar-refractivity contribution is 5.81. The quantitative estimate of drug-likeness (QED) is 0.733. The van der Waals surface area contributed by atoms with E-state index in [-0.39, 0.29) is 17.9 Å². The Labute approximate surface area is 171 Å². The van der Waals surface area contributed by atoms with Gasteiger partial charge in [-0.05, 0) is 55.4 Å². The second kappa shape index (κ2) is 9.92. The normalized spacial score (nSPS) is 15.0. The molecule has 1 atom stereocenters. The molecule has 1 aliphatic carbocycles. The number of pyridine rings is 1. The zero-order valence-corrected chi connectivity index (χ0v) is 16.9. The molecule has 1 aromatic carbocycles. The van der Waals surface area contributed by atoms with Crippen molar-refractivity contribution in [3.05, 3.63) is 53.7 Å². The molecular weight excluding hydrogens is 366 g/mol. The van der Waals surface area contributed by atoms with E-state index in [1.165, 1.54) is 12.8 Å². The van der Waals surface area contributed by atoms with E-state index in [0.29, 0.717) is 23.7 Å². The van der Waals surface area contributed by atoms with Gasteiger partial charge in [-0.25, -0.2) is 4.98 Å². The van der Waals surface area contributed by atoms with E-state index in [4.69, 9.17) is 9.47 Å². The molecule has 1 amide bonds. The van der Waals surface area contributed by atoms with E-state index in [1.54, 1.807) is 30.5 Å². The van der Waals surface area contributed by atoms with Crippen molar-refractivity contribution >= 4 is 5.91 Å². The molecule has 152 valence electrons. The van der Waals surface area contributed by atoms with Crippen LogP contribution in [0.1, 0.15) is 50.7 Å². The molecular formula is C23H27N3O3. The van der Waals surface area contributed by atoms with Crippen LogP contribution in [0.3, 0.4) is 0 Å². The van der Waals surface area contributed by atoms with Crippen LogP contribution in [0, 0.1) is 17.2 Å². The van der Waals surface area contributed by atoms with Gasteiger partial charge < -0.3 is 14.8 Å². The molecule has 1 unspecified atom stereocenters. The molecule has 1 N–H and O–H groups in total. The molecule has 1 aromatic heterocycles. The number of nitrogens with zero attached hydrogens (tertiary/aromatic N) is 2. The predicted molar refractivity (Wildman–Crippen MR) is 109 cm³/mol. The molecule has 6 heteroatoms. The van der Waals surface area contributed by atoms with E-state index in [0.717, 1.165) is 18.4 Å². The first kappa shape index (κ1) is 20.7. The van der Waals surface area contributed by atoms with E-state index >= 15 is 0 Å². The largest absolute Gasteiger partial charge is 0.479 e. The Morgan fingerprint density at radius 2 is 2.03 bits per heavy atom. The third-order valence-electron chi connectivity index (χ3n) is 4.98. The molecule has 1 fully saturated rings. The number of benzene rings is 1. The van der Waals surface area contributed by atoms with Gasteiger partial charge in [-0.2, -0.15) is 5.26 Å². The second-order valence-corrected chi connectivity index (χ2v) is 7.63. The summed E-state index contributed by atoms with van der Waals surface area (Å²) in [4.78, 5) is 17.0. The number of nitrogens with one attached hydrogen (secondary N) is 1. The van der Waals surface area contributed by atoms with Gasteiger partial charge in [0.05, 0.1) is 5.56 Å². The number of nitriles is 1. The maximum absolute atomic E-state index is 12.8. The van der Waals surface area contributed by atoms with Crippen molar-refractivity contribution in [3.63, 3.8) is 0 Å². The van der Waals surface area contributed by atoms with Crippen LogP contribution in [-0.2, 0) is 11.3 Å². The third kappa shape index (κ3) is 5.71. The lowest BCUT2D eigenvalue weighted by molar-refractivity contribution is -0.130. The van der Waals surface area contributed by atoms with Gasteiger partial charge in [0.1, 0.15) is 17.9 Å². The Kier molecular flexibility index (Phi) is 7.07. The molecule has 1 saturated carbocycles. The minimum absolute atomic E-state index is 0.0551. The molecule has 0 radical (unpaired) electrons. The number of para-hydroxylation sites is 1. The van der Waals surface area contributed by atoms with Crippen molar-refractivity contribution in [2.75, 3.05) is 0 Å². The summed E-state index contributed by atoms with van der Waals surface area (Å²) in [6.07, 6.45) is 5.79. The van der Waals surface area contributed by atoms with Crippen LogP contribution >= 0.6 is 0 Å². The maximum Gasteiger partial charge on any atom is 0.261 e. The smallest absolute Gasteiger partial charge is 0.261 e.